The molecule has 1 unspecified atom stereocenters. The Bertz CT molecular complexity index is 1100. The van der Waals surface area contributed by atoms with Crippen LogP contribution in [-0.2, 0) is 4.79 Å². The van der Waals surface area contributed by atoms with Crippen LogP contribution in [0.4, 0.5) is 11.4 Å². The van der Waals surface area contributed by atoms with Gasteiger partial charge in [-0.2, -0.15) is 0 Å². The van der Waals surface area contributed by atoms with Gasteiger partial charge in [-0.3, -0.25) is 15.2 Å². The molecule has 6 rings (SSSR count). The molecule has 182 valence electrons. The Balaban J connectivity index is 1.25. The van der Waals surface area contributed by atoms with Gasteiger partial charge in [-0.05, 0) is 98.3 Å². The summed E-state index contributed by atoms with van der Waals surface area (Å²) in [5.41, 5.74) is 6.65. The average Bonchev–Trinajstić information content (AvgIpc) is 3.25. The predicted molar refractivity (Wildman–Crippen MR) is 143 cm³/mol. The van der Waals surface area contributed by atoms with Crippen molar-refractivity contribution < 1.29 is 4.79 Å². The SMILES string of the molecule is C[C@]12CC=CCC1CC[C@@H]1[C@@H]2CC[C@]2(C)C(C(=O)NN(c3ccccc3)c3ccccc3)=CC[C@@H]12. The van der Waals surface area contributed by atoms with Gasteiger partial charge < -0.3 is 0 Å². The summed E-state index contributed by atoms with van der Waals surface area (Å²) in [7, 11) is 0. The highest BCUT2D eigenvalue weighted by Crippen LogP contribution is 2.65. The minimum absolute atomic E-state index is 0.0298. The summed E-state index contributed by atoms with van der Waals surface area (Å²) in [4.78, 5) is 13.9. The van der Waals surface area contributed by atoms with Crippen molar-refractivity contribution in [2.75, 3.05) is 5.01 Å². The van der Waals surface area contributed by atoms with Gasteiger partial charge in [0.15, 0.2) is 0 Å². The van der Waals surface area contributed by atoms with E-state index >= 15 is 0 Å². The Morgan fingerprint density at radius 1 is 0.857 bits per heavy atom. The number of carbonyl (C=O) groups is 1. The Morgan fingerprint density at radius 3 is 2.23 bits per heavy atom. The van der Waals surface area contributed by atoms with E-state index in [-0.39, 0.29) is 11.3 Å². The highest BCUT2D eigenvalue weighted by Gasteiger charge is 2.58. The number of hydrazine groups is 1. The number of anilines is 2. The molecular formula is C32H38N2O. The van der Waals surface area contributed by atoms with E-state index in [0.29, 0.717) is 11.3 Å². The zero-order chi connectivity index (χ0) is 24.0. The molecule has 0 radical (unpaired) electrons. The highest BCUT2D eigenvalue weighted by molar-refractivity contribution is 5.97. The van der Waals surface area contributed by atoms with Crippen molar-refractivity contribution in [1.29, 1.82) is 0 Å². The maximum Gasteiger partial charge on any atom is 0.266 e. The van der Waals surface area contributed by atoms with Crippen molar-refractivity contribution in [3.63, 3.8) is 0 Å². The van der Waals surface area contributed by atoms with Crippen LogP contribution in [0.1, 0.15) is 58.8 Å². The van der Waals surface area contributed by atoms with Crippen LogP contribution in [0.15, 0.2) is 84.5 Å². The van der Waals surface area contributed by atoms with Crippen LogP contribution >= 0.6 is 0 Å². The zero-order valence-electron chi connectivity index (χ0n) is 21.1. The second kappa shape index (κ2) is 8.69. The largest absolute Gasteiger partial charge is 0.268 e. The molecule has 35 heavy (non-hydrogen) atoms. The van der Waals surface area contributed by atoms with Crippen molar-refractivity contribution in [3.05, 3.63) is 84.5 Å². The second-order valence-electron chi connectivity index (χ2n) is 11.8. The fourth-order valence-electron chi connectivity index (χ4n) is 8.35. The smallest absolute Gasteiger partial charge is 0.266 e. The first-order valence-corrected chi connectivity index (χ1v) is 13.6. The molecule has 0 heterocycles. The van der Waals surface area contributed by atoms with Crippen molar-refractivity contribution in [2.24, 2.45) is 34.5 Å². The van der Waals surface area contributed by atoms with Gasteiger partial charge in [0.1, 0.15) is 0 Å². The third-order valence-corrected chi connectivity index (χ3v) is 10.3. The highest BCUT2D eigenvalue weighted by atomic mass is 16.2. The minimum Gasteiger partial charge on any atom is -0.268 e. The number of benzene rings is 2. The number of allylic oxidation sites excluding steroid dienone is 3. The third kappa shape index (κ3) is 3.66. The van der Waals surface area contributed by atoms with Crippen LogP contribution in [0.3, 0.4) is 0 Å². The van der Waals surface area contributed by atoms with E-state index in [1.165, 1.54) is 32.1 Å². The fraction of sp³-hybridized carbons (Fsp3) is 0.469. The molecule has 2 aromatic carbocycles. The topological polar surface area (TPSA) is 32.3 Å². The van der Waals surface area contributed by atoms with Crippen LogP contribution in [-0.4, -0.2) is 5.91 Å². The lowest BCUT2D eigenvalue weighted by Crippen LogP contribution is -2.53. The second-order valence-corrected chi connectivity index (χ2v) is 11.8. The summed E-state index contributed by atoms with van der Waals surface area (Å²) in [6.45, 7) is 4.96. The summed E-state index contributed by atoms with van der Waals surface area (Å²) in [5.74, 6) is 3.03. The molecule has 0 aliphatic heterocycles. The molecule has 4 aliphatic carbocycles. The van der Waals surface area contributed by atoms with Crippen molar-refractivity contribution in [3.8, 4) is 0 Å². The van der Waals surface area contributed by atoms with Gasteiger partial charge in [-0.15, -0.1) is 0 Å². The quantitative estimate of drug-likeness (QED) is 0.372. The van der Waals surface area contributed by atoms with Gasteiger partial charge in [-0.1, -0.05) is 68.5 Å². The van der Waals surface area contributed by atoms with E-state index < -0.39 is 0 Å². The monoisotopic (exact) mass is 466 g/mol. The van der Waals surface area contributed by atoms with E-state index in [2.05, 4.69) is 37.5 Å². The summed E-state index contributed by atoms with van der Waals surface area (Å²) < 4.78 is 0. The predicted octanol–water partition coefficient (Wildman–Crippen LogP) is 7.60. The van der Waals surface area contributed by atoms with Crippen LogP contribution in [0.2, 0.25) is 0 Å². The number of hydrogen-bond acceptors (Lipinski definition) is 2. The Hall–Kier alpha value is -2.81. The normalized spacial score (nSPS) is 35.3. The molecule has 3 heteroatoms. The van der Waals surface area contributed by atoms with E-state index in [1.54, 1.807) is 0 Å². The molecule has 3 nitrogen and oxygen atoms in total. The van der Waals surface area contributed by atoms with E-state index in [9.17, 15) is 4.79 Å². The molecule has 1 N–H and O–H groups in total. The van der Waals surface area contributed by atoms with Crippen molar-refractivity contribution in [2.45, 2.75) is 58.8 Å². The molecule has 0 spiro atoms. The lowest BCUT2D eigenvalue weighted by atomic mass is 9.45. The van der Waals surface area contributed by atoms with E-state index in [1.807, 2.05) is 65.7 Å². The van der Waals surface area contributed by atoms with Crippen LogP contribution < -0.4 is 10.4 Å². The number of nitrogens with zero attached hydrogens (tertiary/aromatic N) is 1. The molecule has 0 saturated heterocycles. The summed E-state index contributed by atoms with van der Waals surface area (Å²) in [6.07, 6.45) is 15.8. The summed E-state index contributed by atoms with van der Waals surface area (Å²) in [6, 6.07) is 20.3. The molecule has 0 aromatic heterocycles. The first kappa shape index (κ1) is 22.6. The van der Waals surface area contributed by atoms with Gasteiger partial charge in [0.2, 0.25) is 0 Å². The maximum absolute atomic E-state index is 13.9. The van der Waals surface area contributed by atoms with Gasteiger partial charge in [0.05, 0.1) is 11.4 Å². The van der Waals surface area contributed by atoms with Crippen molar-refractivity contribution in [1.82, 2.24) is 5.43 Å². The van der Waals surface area contributed by atoms with Crippen LogP contribution in [0.25, 0.3) is 0 Å². The Kier molecular flexibility index (Phi) is 5.62. The van der Waals surface area contributed by atoms with Crippen molar-refractivity contribution >= 4 is 17.3 Å². The molecule has 2 saturated carbocycles. The summed E-state index contributed by atoms with van der Waals surface area (Å²) >= 11 is 0. The maximum atomic E-state index is 13.9. The van der Waals surface area contributed by atoms with Crippen LogP contribution in [0, 0.1) is 34.5 Å². The number of fused-ring (bicyclic) bond motifs is 5. The first-order chi connectivity index (χ1) is 17.0. The minimum atomic E-state index is -0.0298. The third-order valence-electron chi connectivity index (χ3n) is 10.3. The Labute approximate surface area is 210 Å². The number of para-hydroxylation sites is 2. The fourth-order valence-corrected chi connectivity index (χ4v) is 8.35. The van der Waals surface area contributed by atoms with Gasteiger partial charge in [0.25, 0.3) is 5.91 Å². The lowest BCUT2D eigenvalue weighted by Gasteiger charge is -2.59. The standard InChI is InChI=1S/C32H38N2O/c1-31-21-10-9-11-23(31)16-17-26-27-18-19-29(32(27,2)22-20-28(26)31)30(35)33-34(24-12-5-3-6-13-24)25-14-7-4-8-15-25/h3-10,12-15,19,23,26-28H,11,16-18,20-22H2,1-2H3,(H,33,35)/t23?,26-,27-,28-,31-,32-/m0/s1. The molecule has 6 atom stereocenters. The molecule has 0 bridgehead atoms. The molecule has 2 fully saturated rings. The van der Waals surface area contributed by atoms with Gasteiger partial charge in [0, 0.05) is 11.0 Å². The molecular weight excluding hydrogens is 428 g/mol. The first-order valence-electron chi connectivity index (χ1n) is 13.6. The van der Waals surface area contributed by atoms with Crippen LogP contribution in [0.5, 0.6) is 0 Å². The zero-order valence-corrected chi connectivity index (χ0v) is 21.1. The van der Waals surface area contributed by atoms with Gasteiger partial charge in [-0.25, -0.2) is 0 Å². The number of rotatable bonds is 4. The van der Waals surface area contributed by atoms with E-state index in [0.717, 1.165) is 47.5 Å². The number of nitrogens with one attached hydrogen (secondary N) is 1. The molecule has 2 aromatic rings. The van der Waals surface area contributed by atoms with Gasteiger partial charge >= 0.3 is 0 Å². The Morgan fingerprint density at radius 2 is 1.54 bits per heavy atom. The molecule has 1 amide bonds. The van der Waals surface area contributed by atoms with E-state index in [4.69, 9.17) is 0 Å². The number of amides is 1. The molecule has 4 aliphatic rings. The lowest BCUT2D eigenvalue weighted by molar-refractivity contribution is -0.121. The average molecular weight is 467 g/mol. The summed E-state index contributed by atoms with van der Waals surface area (Å²) in [5, 5.41) is 1.94. The number of carbonyl (C=O) groups excluding carboxylic acids is 1. The number of hydrogen-bond donors (Lipinski definition) is 1.